The number of thioether (sulfide) groups is 1. The number of nitrogens with one attached hydrogen (secondary N) is 1. The number of carbonyl (C=O) groups is 2. The summed E-state index contributed by atoms with van der Waals surface area (Å²) in [6.07, 6.45) is 0.712. The van der Waals surface area contributed by atoms with Crippen molar-refractivity contribution in [3.8, 4) is 11.5 Å². The van der Waals surface area contributed by atoms with Gasteiger partial charge < -0.3 is 14.8 Å². The summed E-state index contributed by atoms with van der Waals surface area (Å²) in [6.45, 7) is 5.90. The number of hydrogen-bond acceptors (Lipinski definition) is 6. The average Bonchev–Trinajstić information content (AvgIpc) is 3.12. The van der Waals surface area contributed by atoms with Crippen molar-refractivity contribution >= 4 is 28.7 Å². The first-order valence-electron chi connectivity index (χ1n) is 9.68. The summed E-state index contributed by atoms with van der Waals surface area (Å²) >= 11 is 1.30. The second-order valence-electron chi connectivity index (χ2n) is 6.82. The predicted octanol–water partition coefficient (Wildman–Crippen LogP) is 3.84. The van der Waals surface area contributed by atoms with Crippen LogP contribution in [0.2, 0.25) is 0 Å². The molecule has 0 spiro atoms. The van der Waals surface area contributed by atoms with Gasteiger partial charge in [-0.25, -0.2) is 5.01 Å². The smallest absolute Gasteiger partial charge is 0.241 e. The van der Waals surface area contributed by atoms with Gasteiger partial charge in [-0.2, -0.15) is 0 Å². The number of amides is 2. The third-order valence-electron chi connectivity index (χ3n) is 4.27. The molecule has 158 valence electrons. The van der Waals surface area contributed by atoms with E-state index in [2.05, 4.69) is 10.4 Å². The molecule has 1 aliphatic heterocycles. The highest BCUT2D eigenvalue weighted by atomic mass is 32.2. The number of para-hydroxylation sites is 1. The fraction of sp³-hybridized carbons (Fsp3) is 0.318. The number of hydrazone groups is 1. The molecule has 8 heteroatoms. The van der Waals surface area contributed by atoms with E-state index in [9.17, 15) is 9.59 Å². The van der Waals surface area contributed by atoms with Crippen molar-refractivity contribution < 1.29 is 19.1 Å². The Labute approximate surface area is 180 Å². The molecule has 1 heterocycles. The number of hydrogen-bond donors (Lipinski definition) is 1. The summed E-state index contributed by atoms with van der Waals surface area (Å²) < 4.78 is 11.7. The van der Waals surface area contributed by atoms with Gasteiger partial charge >= 0.3 is 0 Å². The van der Waals surface area contributed by atoms with Crippen molar-refractivity contribution in [2.45, 2.75) is 32.6 Å². The molecule has 0 radical (unpaired) electrons. The predicted molar refractivity (Wildman–Crippen MR) is 117 cm³/mol. The summed E-state index contributed by atoms with van der Waals surface area (Å²) in [5, 5.41) is 8.23. The number of amidine groups is 1. The lowest BCUT2D eigenvalue weighted by Gasteiger charge is -2.21. The van der Waals surface area contributed by atoms with Crippen LogP contribution in [-0.4, -0.2) is 35.2 Å². The highest BCUT2D eigenvalue weighted by molar-refractivity contribution is 8.14. The maximum atomic E-state index is 12.1. The van der Waals surface area contributed by atoms with Gasteiger partial charge in [0.1, 0.15) is 16.9 Å². The SMILES string of the molecule is CC(=O)NC1=NN(C(C)=O)C(c2ccccc2OCCCOc2ccc(C)cc2)S1. The Balaban J connectivity index is 1.59. The third-order valence-corrected chi connectivity index (χ3v) is 5.35. The van der Waals surface area contributed by atoms with Gasteiger partial charge in [0.15, 0.2) is 5.17 Å². The zero-order chi connectivity index (χ0) is 21.5. The summed E-state index contributed by atoms with van der Waals surface area (Å²) in [6, 6.07) is 15.5. The lowest BCUT2D eigenvalue weighted by atomic mass is 10.2. The van der Waals surface area contributed by atoms with E-state index in [1.54, 1.807) is 0 Å². The van der Waals surface area contributed by atoms with Gasteiger partial charge in [0.25, 0.3) is 0 Å². The molecule has 2 aromatic carbocycles. The van der Waals surface area contributed by atoms with Crippen LogP contribution in [0.3, 0.4) is 0 Å². The van der Waals surface area contributed by atoms with Crippen LogP contribution >= 0.6 is 11.8 Å². The average molecular weight is 428 g/mol. The molecule has 1 atom stereocenters. The maximum absolute atomic E-state index is 12.1. The summed E-state index contributed by atoms with van der Waals surface area (Å²) in [4.78, 5) is 23.4. The molecule has 2 aromatic rings. The van der Waals surface area contributed by atoms with Gasteiger partial charge in [-0.05, 0) is 25.1 Å². The fourth-order valence-corrected chi connectivity index (χ4v) is 4.01. The van der Waals surface area contributed by atoms with Gasteiger partial charge in [-0.1, -0.05) is 47.7 Å². The second kappa shape index (κ2) is 10.2. The van der Waals surface area contributed by atoms with E-state index in [4.69, 9.17) is 9.47 Å². The lowest BCUT2D eigenvalue weighted by Crippen LogP contribution is -2.25. The first-order chi connectivity index (χ1) is 14.4. The van der Waals surface area contributed by atoms with Crippen LogP contribution in [0, 0.1) is 6.92 Å². The molecule has 30 heavy (non-hydrogen) atoms. The first kappa shape index (κ1) is 21.7. The van der Waals surface area contributed by atoms with Crippen LogP contribution in [0.5, 0.6) is 11.5 Å². The van der Waals surface area contributed by atoms with Crippen LogP contribution in [0.25, 0.3) is 0 Å². The summed E-state index contributed by atoms with van der Waals surface area (Å²) in [7, 11) is 0. The van der Waals surface area contributed by atoms with Crippen LogP contribution < -0.4 is 14.8 Å². The topological polar surface area (TPSA) is 80.2 Å². The standard InChI is InChI=1S/C22H25N3O4S/c1-15-9-11-18(12-10-15)28-13-6-14-29-20-8-5-4-7-19(20)21-25(17(3)27)24-22(30-21)23-16(2)26/h4-5,7-12,21H,6,13-14H2,1-3H3,(H,23,24,26). The molecule has 0 fully saturated rings. The van der Waals surface area contributed by atoms with Gasteiger partial charge in [0, 0.05) is 25.8 Å². The first-order valence-corrected chi connectivity index (χ1v) is 10.6. The van der Waals surface area contributed by atoms with Crippen molar-refractivity contribution in [2.24, 2.45) is 5.10 Å². The van der Waals surface area contributed by atoms with Gasteiger partial charge in [0.05, 0.1) is 13.2 Å². The van der Waals surface area contributed by atoms with E-state index < -0.39 is 5.37 Å². The molecule has 0 aliphatic carbocycles. The Morgan fingerprint density at radius 1 is 1.07 bits per heavy atom. The van der Waals surface area contributed by atoms with Crippen LogP contribution in [0.15, 0.2) is 53.6 Å². The summed E-state index contributed by atoms with van der Waals surface area (Å²) in [5.74, 6) is 1.07. The summed E-state index contributed by atoms with van der Waals surface area (Å²) in [5.41, 5.74) is 2.01. The molecule has 0 bridgehead atoms. The minimum atomic E-state index is -0.399. The molecule has 7 nitrogen and oxygen atoms in total. The number of benzene rings is 2. The largest absolute Gasteiger partial charge is 0.493 e. The van der Waals surface area contributed by atoms with Crippen molar-refractivity contribution in [2.75, 3.05) is 13.2 Å². The Bertz CT molecular complexity index is 930. The number of aryl methyl sites for hydroxylation is 1. The van der Waals surface area contributed by atoms with Crippen molar-refractivity contribution in [3.05, 3.63) is 59.7 Å². The number of nitrogens with zero attached hydrogens (tertiary/aromatic N) is 2. The van der Waals surface area contributed by atoms with E-state index in [1.807, 2.05) is 55.5 Å². The molecule has 1 unspecified atom stereocenters. The number of ether oxygens (including phenoxy) is 2. The zero-order valence-corrected chi connectivity index (χ0v) is 18.1. The third kappa shape index (κ3) is 5.76. The molecule has 0 aromatic heterocycles. The maximum Gasteiger partial charge on any atom is 0.241 e. The Kier molecular flexibility index (Phi) is 7.35. The van der Waals surface area contributed by atoms with Crippen LogP contribution in [-0.2, 0) is 9.59 Å². The monoisotopic (exact) mass is 427 g/mol. The van der Waals surface area contributed by atoms with E-state index in [-0.39, 0.29) is 11.8 Å². The van der Waals surface area contributed by atoms with Crippen LogP contribution in [0.4, 0.5) is 0 Å². The van der Waals surface area contributed by atoms with Crippen molar-refractivity contribution in [1.82, 2.24) is 10.3 Å². The molecule has 1 N–H and O–H groups in total. The zero-order valence-electron chi connectivity index (χ0n) is 17.3. The Morgan fingerprint density at radius 3 is 2.47 bits per heavy atom. The highest BCUT2D eigenvalue weighted by Gasteiger charge is 2.34. The molecule has 1 aliphatic rings. The van der Waals surface area contributed by atoms with E-state index in [0.29, 0.717) is 30.6 Å². The van der Waals surface area contributed by atoms with Gasteiger partial charge in [0.2, 0.25) is 11.8 Å². The van der Waals surface area contributed by atoms with Crippen molar-refractivity contribution in [3.63, 3.8) is 0 Å². The molecule has 3 rings (SSSR count). The molecular weight excluding hydrogens is 402 g/mol. The quantitative estimate of drug-likeness (QED) is 0.679. The minimum absolute atomic E-state index is 0.214. The highest BCUT2D eigenvalue weighted by Crippen LogP contribution is 2.42. The Hall–Kier alpha value is -3.00. The lowest BCUT2D eigenvalue weighted by molar-refractivity contribution is -0.129. The molecular formula is C22H25N3O4S. The van der Waals surface area contributed by atoms with E-state index in [0.717, 1.165) is 11.3 Å². The Morgan fingerprint density at radius 2 is 1.77 bits per heavy atom. The number of rotatable bonds is 7. The molecule has 2 amide bonds. The van der Waals surface area contributed by atoms with E-state index >= 15 is 0 Å². The number of carbonyl (C=O) groups excluding carboxylic acids is 2. The fourth-order valence-electron chi connectivity index (χ4n) is 2.85. The van der Waals surface area contributed by atoms with Crippen LogP contribution in [0.1, 0.15) is 36.8 Å². The molecule has 0 saturated carbocycles. The normalized spacial score (nSPS) is 15.5. The second-order valence-corrected chi connectivity index (χ2v) is 7.89. The van der Waals surface area contributed by atoms with Crippen molar-refractivity contribution in [1.29, 1.82) is 0 Å². The van der Waals surface area contributed by atoms with Gasteiger partial charge in [-0.3, -0.25) is 9.59 Å². The molecule has 0 saturated heterocycles. The van der Waals surface area contributed by atoms with Gasteiger partial charge in [-0.15, -0.1) is 5.10 Å². The van der Waals surface area contributed by atoms with E-state index in [1.165, 1.54) is 36.2 Å². The minimum Gasteiger partial charge on any atom is -0.493 e.